The Hall–Kier alpha value is -0.610. The fourth-order valence-electron chi connectivity index (χ4n) is 1.71. The molecule has 0 radical (unpaired) electrons. The van der Waals surface area contributed by atoms with E-state index in [2.05, 4.69) is 5.32 Å². The molecule has 15 heavy (non-hydrogen) atoms. The first-order valence-electron chi connectivity index (χ1n) is 5.67. The maximum Gasteiger partial charge on any atom is 0.249 e. The van der Waals surface area contributed by atoms with Gasteiger partial charge in [-0.1, -0.05) is 6.92 Å². The van der Waals surface area contributed by atoms with Crippen molar-refractivity contribution in [1.82, 2.24) is 5.32 Å². The van der Waals surface area contributed by atoms with Crippen molar-refractivity contribution in [2.75, 3.05) is 13.2 Å². The van der Waals surface area contributed by atoms with Crippen molar-refractivity contribution in [2.24, 2.45) is 5.92 Å². The van der Waals surface area contributed by atoms with Gasteiger partial charge in [0.05, 0.1) is 6.10 Å². The van der Waals surface area contributed by atoms with Crippen LogP contribution in [0.15, 0.2) is 0 Å². The van der Waals surface area contributed by atoms with Crippen LogP contribution >= 0.6 is 0 Å². The lowest BCUT2D eigenvalue weighted by Crippen LogP contribution is -2.37. The summed E-state index contributed by atoms with van der Waals surface area (Å²) in [5.41, 5.74) is 0. The normalized spacial score (nSPS) is 27.7. The molecule has 0 aliphatic carbocycles. The summed E-state index contributed by atoms with van der Waals surface area (Å²) in [4.78, 5) is 11.6. The van der Waals surface area contributed by atoms with E-state index in [0.29, 0.717) is 12.5 Å². The number of aliphatic hydroxyl groups excluding tert-OH is 1. The van der Waals surface area contributed by atoms with Crippen LogP contribution in [0, 0.1) is 5.92 Å². The van der Waals surface area contributed by atoms with Gasteiger partial charge in [0.25, 0.3) is 0 Å². The molecule has 0 bridgehead atoms. The van der Waals surface area contributed by atoms with Crippen LogP contribution in [-0.4, -0.2) is 36.4 Å². The summed E-state index contributed by atoms with van der Waals surface area (Å²) in [7, 11) is 0. The van der Waals surface area contributed by atoms with Gasteiger partial charge < -0.3 is 15.2 Å². The van der Waals surface area contributed by atoms with Crippen LogP contribution in [0.25, 0.3) is 0 Å². The quantitative estimate of drug-likeness (QED) is 0.709. The Morgan fingerprint density at radius 3 is 2.87 bits per heavy atom. The van der Waals surface area contributed by atoms with Crippen molar-refractivity contribution in [1.29, 1.82) is 0 Å². The molecule has 88 valence electrons. The Morgan fingerprint density at radius 1 is 1.60 bits per heavy atom. The Balaban J connectivity index is 2.18. The van der Waals surface area contributed by atoms with Gasteiger partial charge in [-0.05, 0) is 32.1 Å². The lowest BCUT2D eigenvalue weighted by Gasteiger charge is -2.14. The van der Waals surface area contributed by atoms with Gasteiger partial charge >= 0.3 is 0 Å². The summed E-state index contributed by atoms with van der Waals surface area (Å²) in [6.45, 7) is 4.79. The van der Waals surface area contributed by atoms with E-state index in [1.165, 1.54) is 0 Å². The van der Waals surface area contributed by atoms with E-state index in [1.807, 2.05) is 13.8 Å². The molecule has 2 N–H and O–H groups in total. The van der Waals surface area contributed by atoms with Crippen molar-refractivity contribution in [3.05, 3.63) is 0 Å². The lowest BCUT2D eigenvalue weighted by molar-refractivity contribution is -0.131. The molecule has 0 saturated carbocycles. The summed E-state index contributed by atoms with van der Waals surface area (Å²) in [6, 6.07) is 0. The summed E-state index contributed by atoms with van der Waals surface area (Å²) in [5.74, 6) is 0.307. The molecule has 1 saturated heterocycles. The summed E-state index contributed by atoms with van der Waals surface area (Å²) < 4.78 is 5.45. The van der Waals surface area contributed by atoms with Gasteiger partial charge in [0.2, 0.25) is 5.91 Å². The molecule has 4 heteroatoms. The smallest absolute Gasteiger partial charge is 0.249 e. The number of nitrogens with one attached hydrogen (secondary N) is 1. The van der Waals surface area contributed by atoms with Gasteiger partial charge in [0.15, 0.2) is 0 Å². The third kappa shape index (κ3) is 4.18. The molecule has 0 aromatic heterocycles. The van der Waals surface area contributed by atoms with Gasteiger partial charge in [-0.15, -0.1) is 0 Å². The average molecular weight is 215 g/mol. The zero-order chi connectivity index (χ0) is 11.3. The second-order valence-electron chi connectivity index (χ2n) is 4.38. The number of hydrogen-bond donors (Lipinski definition) is 2. The van der Waals surface area contributed by atoms with Crippen LogP contribution in [0.2, 0.25) is 0 Å². The van der Waals surface area contributed by atoms with Crippen molar-refractivity contribution in [3.8, 4) is 0 Å². The highest BCUT2D eigenvalue weighted by molar-refractivity contribution is 5.80. The monoisotopic (exact) mass is 215 g/mol. The van der Waals surface area contributed by atoms with Gasteiger partial charge in [-0.25, -0.2) is 0 Å². The molecular formula is C11H21NO3. The Kier molecular flexibility index (Phi) is 5.05. The van der Waals surface area contributed by atoms with E-state index in [9.17, 15) is 4.79 Å². The molecule has 1 rings (SSSR count). The van der Waals surface area contributed by atoms with Crippen LogP contribution in [0.1, 0.15) is 33.1 Å². The largest absolute Gasteiger partial charge is 0.396 e. The molecular weight excluding hydrogens is 194 g/mol. The minimum Gasteiger partial charge on any atom is -0.396 e. The molecule has 1 heterocycles. The van der Waals surface area contributed by atoms with E-state index in [-0.39, 0.29) is 24.7 Å². The predicted octanol–water partition coefficient (Wildman–Crippen LogP) is 0.689. The number of hydrogen-bond acceptors (Lipinski definition) is 3. The fourth-order valence-corrected chi connectivity index (χ4v) is 1.71. The van der Waals surface area contributed by atoms with Crippen molar-refractivity contribution < 1.29 is 14.6 Å². The SMILES string of the molecule is CC(CCO)CNC(=O)C1CCC(C)O1. The molecule has 0 aromatic rings. The minimum atomic E-state index is -0.263. The van der Waals surface area contributed by atoms with E-state index in [1.54, 1.807) is 0 Å². The first-order valence-corrected chi connectivity index (χ1v) is 5.67. The summed E-state index contributed by atoms with van der Waals surface area (Å²) in [6.07, 6.45) is 2.45. The van der Waals surface area contributed by atoms with Crippen molar-refractivity contribution in [3.63, 3.8) is 0 Å². The van der Waals surface area contributed by atoms with E-state index < -0.39 is 0 Å². The fraction of sp³-hybridized carbons (Fsp3) is 0.909. The zero-order valence-electron chi connectivity index (χ0n) is 9.53. The van der Waals surface area contributed by atoms with Crippen molar-refractivity contribution in [2.45, 2.75) is 45.3 Å². The molecule has 3 atom stereocenters. The van der Waals surface area contributed by atoms with Crippen LogP contribution < -0.4 is 5.32 Å². The number of carbonyl (C=O) groups excluding carboxylic acids is 1. The first kappa shape index (κ1) is 12.5. The third-order valence-corrected chi connectivity index (χ3v) is 2.77. The predicted molar refractivity (Wildman–Crippen MR) is 57.4 cm³/mol. The highest BCUT2D eigenvalue weighted by atomic mass is 16.5. The number of aliphatic hydroxyl groups is 1. The second kappa shape index (κ2) is 6.08. The second-order valence-corrected chi connectivity index (χ2v) is 4.38. The molecule has 0 spiro atoms. The van der Waals surface area contributed by atoms with Gasteiger partial charge in [-0.3, -0.25) is 4.79 Å². The Morgan fingerprint density at radius 2 is 2.33 bits per heavy atom. The van der Waals surface area contributed by atoms with E-state index in [4.69, 9.17) is 9.84 Å². The van der Waals surface area contributed by atoms with Gasteiger partial charge in [-0.2, -0.15) is 0 Å². The maximum atomic E-state index is 11.6. The molecule has 3 unspecified atom stereocenters. The molecule has 4 nitrogen and oxygen atoms in total. The average Bonchev–Trinajstić information content (AvgIpc) is 2.62. The van der Waals surface area contributed by atoms with Crippen molar-refractivity contribution >= 4 is 5.91 Å². The van der Waals surface area contributed by atoms with Crippen LogP contribution in [0.5, 0.6) is 0 Å². The van der Waals surface area contributed by atoms with E-state index >= 15 is 0 Å². The molecule has 1 aliphatic rings. The Bertz CT molecular complexity index is 208. The molecule has 1 aliphatic heterocycles. The summed E-state index contributed by atoms with van der Waals surface area (Å²) >= 11 is 0. The van der Waals surface area contributed by atoms with Crippen LogP contribution in [0.4, 0.5) is 0 Å². The minimum absolute atomic E-state index is 0.0101. The highest BCUT2D eigenvalue weighted by Gasteiger charge is 2.27. The zero-order valence-corrected chi connectivity index (χ0v) is 9.53. The van der Waals surface area contributed by atoms with Gasteiger partial charge in [0, 0.05) is 13.2 Å². The highest BCUT2D eigenvalue weighted by Crippen LogP contribution is 2.18. The third-order valence-electron chi connectivity index (χ3n) is 2.77. The standard InChI is InChI=1S/C11H21NO3/c1-8(5-6-13)7-12-11(14)10-4-3-9(2)15-10/h8-10,13H,3-7H2,1-2H3,(H,12,14). The Labute approximate surface area is 91.0 Å². The molecule has 1 fully saturated rings. The molecule has 0 aromatic carbocycles. The maximum absolute atomic E-state index is 11.6. The lowest BCUT2D eigenvalue weighted by atomic mass is 10.1. The summed E-state index contributed by atoms with van der Waals surface area (Å²) in [5, 5.41) is 11.6. The van der Waals surface area contributed by atoms with Crippen LogP contribution in [0.3, 0.4) is 0 Å². The van der Waals surface area contributed by atoms with E-state index in [0.717, 1.165) is 19.3 Å². The molecule has 1 amide bonds. The van der Waals surface area contributed by atoms with Gasteiger partial charge in [0.1, 0.15) is 6.10 Å². The topological polar surface area (TPSA) is 58.6 Å². The first-order chi connectivity index (χ1) is 7.13. The number of carbonyl (C=O) groups is 1. The van der Waals surface area contributed by atoms with Crippen LogP contribution in [-0.2, 0) is 9.53 Å². The number of amides is 1. The number of ether oxygens (including phenoxy) is 1. The number of rotatable bonds is 5.